The molecule has 1 aliphatic carbocycles. The van der Waals surface area contributed by atoms with Gasteiger partial charge >= 0.3 is 6.01 Å². The van der Waals surface area contributed by atoms with Gasteiger partial charge in [-0.25, -0.2) is 0 Å². The van der Waals surface area contributed by atoms with E-state index in [9.17, 15) is 0 Å². The molecule has 0 spiro atoms. The Morgan fingerprint density at radius 2 is 2.12 bits per heavy atom. The third-order valence-corrected chi connectivity index (χ3v) is 3.48. The molecule has 1 atom stereocenters. The zero-order chi connectivity index (χ0) is 11.3. The Morgan fingerprint density at radius 1 is 1.38 bits per heavy atom. The maximum atomic E-state index is 5.96. The van der Waals surface area contributed by atoms with Gasteiger partial charge in [-0.3, -0.25) is 4.90 Å². The molecule has 2 N–H and O–H groups in total. The minimum Gasteiger partial charge on any atom is -0.467 e. The summed E-state index contributed by atoms with van der Waals surface area (Å²) in [6, 6.07) is 1.43. The van der Waals surface area contributed by atoms with E-state index in [1.54, 1.807) is 7.11 Å². The molecule has 0 bridgehead atoms. The molecule has 5 heteroatoms. The summed E-state index contributed by atoms with van der Waals surface area (Å²) in [6.45, 7) is 3.06. The van der Waals surface area contributed by atoms with Crippen LogP contribution in [0.2, 0.25) is 0 Å². The van der Waals surface area contributed by atoms with Gasteiger partial charge in [0, 0.05) is 24.2 Å². The second kappa shape index (κ2) is 3.31. The van der Waals surface area contributed by atoms with Crippen molar-refractivity contribution < 1.29 is 4.74 Å². The van der Waals surface area contributed by atoms with Crippen molar-refractivity contribution in [3.8, 4) is 6.01 Å². The summed E-state index contributed by atoms with van der Waals surface area (Å²) in [5, 5.41) is 0. The highest BCUT2D eigenvalue weighted by atomic mass is 16.5. The molecule has 2 heterocycles. The van der Waals surface area contributed by atoms with Crippen LogP contribution in [0.4, 0.5) is 5.82 Å². The first kappa shape index (κ1) is 9.84. The predicted octanol–water partition coefficient (Wildman–Crippen LogP) is 1.11. The van der Waals surface area contributed by atoms with Crippen molar-refractivity contribution in [3.63, 3.8) is 0 Å². The van der Waals surface area contributed by atoms with Gasteiger partial charge in [0.15, 0.2) is 0 Å². The van der Waals surface area contributed by atoms with Crippen LogP contribution in [0.3, 0.4) is 0 Å². The van der Waals surface area contributed by atoms with Gasteiger partial charge in [-0.1, -0.05) is 0 Å². The molecule has 0 aromatic carbocycles. The normalized spacial score (nSPS) is 24.5. The number of methoxy groups -OCH3 is 1. The number of hydrogen-bond donors (Lipinski definition) is 1. The topological polar surface area (TPSA) is 64.3 Å². The summed E-state index contributed by atoms with van der Waals surface area (Å²) in [5.74, 6) is 0.567. The zero-order valence-corrected chi connectivity index (χ0v) is 9.60. The second-order valence-corrected chi connectivity index (χ2v) is 4.54. The van der Waals surface area contributed by atoms with E-state index < -0.39 is 0 Å². The van der Waals surface area contributed by atoms with E-state index in [1.807, 2.05) is 0 Å². The van der Waals surface area contributed by atoms with E-state index in [1.165, 1.54) is 12.8 Å². The zero-order valence-electron chi connectivity index (χ0n) is 9.60. The van der Waals surface area contributed by atoms with Crippen LogP contribution in [-0.4, -0.2) is 28.0 Å². The molecule has 1 fully saturated rings. The number of hydrogen-bond acceptors (Lipinski definition) is 5. The molecular weight excluding hydrogens is 204 g/mol. The van der Waals surface area contributed by atoms with Crippen molar-refractivity contribution in [2.75, 3.05) is 12.8 Å². The SMILES string of the molecule is COc1nc(N)c2c(n1)CN(C1CC1)C2C. The highest BCUT2D eigenvalue weighted by molar-refractivity contribution is 5.47. The van der Waals surface area contributed by atoms with Gasteiger partial charge in [0.1, 0.15) is 5.82 Å². The van der Waals surface area contributed by atoms with Crippen LogP contribution in [0.1, 0.15) is 37.1 Å². The summed E-state index contributed by atoms with van der Waals surface area (Å²) in [5.41, 5.74) is 8.09. The van der Waals surface area contributed by atoms with Gasteiger partial charge in [-0.2, -0.15) is 9.97 Å². The van der Waals surface area contributed by atoms with E-state index in [2.05, 4.69) is 21.8 Å². The van der Waals surface area contributed by atoms with Crippen LogP contribution in [0, 0.1) is 0 Å². The van der Waals surface area contributed by atoms with Crippen molar-refractivity contribution in [1.82, 2.24) is 14.9 Å². The number of nitrogens with zero attached hydrogens (tertiary/aromatic N) is 3. The highest BCUT2D eigenvalue weighted by Gasteiger charge is 2.39. The van der Waals surface area contributed by atoms with Gasteiger partial charge in [0.2, 0.25) is 0 Å². The van der Waals surface area contributed by atoms with Crippen molar-refractivity contribution in [2.24, 2.45) is 0 Å². The maximum Gasteiger partial charge on any atom is 0.318 e. The number of rotatable bonds is 2. The van der Waals surface area contributed by atoms with Crippen LogP contribution >= 0.6 is 0 Å². The Bertz CT molecular complexity index is 430. The Labute approximate surface area is 94.6 Å². The fourth-order valence-corrected chi connectivity index (χ4v) is 2.51. The van der Waals surface area contributed by atoms with Crippen LogP contribution < -0.4 is 10.5 Å². The lowest BCUT2D eigenvalue weighted by Gasteiger charge is -2.20. The monoisotopic (exact) mass is 220 g/mol. The molecule has 0 amide bonds. The molecule has 0 saturated heterocycles. The third kappa shape index (κ3) is 1.35. The summed E-state index contributed by atoms with van der Waals surface area (Å²) in [7, 11) is 1.57. The van der Waals surface area contributed by atoms with Gasteiger partial charge in [0.25, 0.3) is 0 Å². The molecule has 1 aromatic heterocycles. The van der Waals surface area contributed by atoms with Gasteiger partial charge in [0.05, 0.1) is 12.8 Å². The molecule has 5 nitrogen and oxygen atoms in total. The Morgan fingerprint density at radius 3 is 2.75 bits per heavy atom. The van der Waals surface area contributed by atoms with Gasteiger partial charge in [-0.15, -0.1) is 0 Å². The van der Waals surface area contributed by atoms with E-state index in [0.717, 1.165) is 23.8 Å². The number of anilines is 1. The summed E-state index contributed by atoms with van der Waals surface area (Å²) in [6.07, 6.45) is 2.59. The second-order valence-electron chi connectivity index (χ2n) is 4.54. The van der Waals surface area contributed by atoms with Crippen LogP contribution in [0.15, 0.2) is 0 Å². The van der Waals surface area contributed by atoms with Crippen molar-refractivity contribution in [2.45, 2.75) is 38.4 Å². The van der Waals surface area contributed by atoms with E-state index >= 15 is 0 Å². The average Bonchev–Trinajstić information content (AvgIpc) is 3.04. The fourth-order valence-electron chi connectivity index (χ4n) is 2.51. The molecule has 1 aromatic rings. The number of nitrogens with two attached hydrogens (primary N) is 1. The first-order valence-corrected chi connectivity index (χ1v) is 5.66. The maximum absolute atomic E-state index is 5.96. The molecular formula is C11H16N4O. The molecule has 1 aliphatic heterocycles. The molecule has 16 heavy (non-hydrogen) atoms. The quantitative estimate of drug-likeness (QED) is 0.808. The van der Waals surface area contributed by atoms with Gasteiger partial charge in [-0.05, 0) is 19.8 Å². The average molecular weight is 220 g/mol. The molecule has 86 valence electrons. The fraction of sp³-hybridized carbons (Fsp3) is 0.636. The highest BCUT2D eigenvalue weighted by Crippen LogP contribution is 2.42. The van der Waals surface area contributed by atoms with E-state index in [0.29, 0.717) is 17.9 Å². The third-order valence-electron chi connectivity index (χ3n) is 3.48. The molecule has 1 unspecified atom stereocenters. The molecule has 3 rings (SSSR count). The van der Waals surface area contributed by atoms with E-state index in [4.69, 9.17) is 10.5 Å². The summed E-state index contributed by atoms with van der Waals surface area (Å²) < 4.78 is 5.05. The lowest BCUT2D eigenvalue weighted by Crippen LogP contribution is -2.22. The molecule has 0 radical (unpaired) electrons. The Kier molecular flexibility index (Phi) is 2.04. The predicted molar refractivity (Wildman–Crippen MR) is 60.0 cm³/mol. The standard InChI is InChI=1S/C11H16N4O/c1-6-9-8(5-15(6)7-3-4-7)13-11(16-2)14-10(9)12/h6-7H,3-5H2,1-2H3,(H2,12,13,14). The largest absolute Gasteiger partial charge is 0.467 e. The minimum atomic E-state index is 0.341. The molecule has 2 aliphatic rings. The Hall–Kier alpha value is -1.36. The van der Waals surface area contributed by atoms with Crippen molar-refractivity contribution in [1.29, 1.82) is 0 Å². The van der Waals surface area contributed by atoms with Crippen molar-refractivity contribution in [3.05, 3.63) is 11.3 Å². The summed E-state index contributed by atoms with van der Waals surface area (Å²) in [4.78, 5) is 11.0. The van der Waals surface area contributed by atoms with Crippen molar-refractivity contribution >= 4 is 5.82 Å². The first-order chi connectivity index (χ1) is 7.70. The first-order valence-electron chi connectivity index (χ1n) is 5.66. The van der Waals surface area contributed by atoms with Gasteiger partial charge < -0.3 is 10.5 Å². The van der Waals surface area contributed by atoms with Crippen LogP contribution in [-0.2, 0) is 6.54 Å². The Balaban J connectivity index is 2.00. The van der Waals surface area contributed by atoms with Crippen LogP contribution in [0.25, 0.3) is 0 Å². The van der Waals surface area contributed by atoms with Crippen LogP contribution in [0.5, 0.6) is 6.01 Å². The minimum absolute atomic E-state index is 0.341. The number of aromatic nitrogens is 2. The lowest BCUT2D eigenvalue weighted by molar-refractivity contribution is 0.217. The number of fused-ring (bicyclic) bond motifs is 1. The number of nitrogen functional groups attached to an aromatic ring is 1. The van der Waals surface area contributed by atoms with E-state index in [-0.39, 0.29) is 0 Å². The molecule has 1 saturated carbocycles. The smallest absolute Gasteiger partial charge is 0.318 e. The summed E-state index contributed by atoms with van der Waals surface area (Å²) >= 11 is 0. The lowest BCUT2D eigenvalue weighted by atomic mass is 10.1. The number of ether oxygens (including phenoxy) is 1.